The normalized spacial score (nSPS) is 16.1. The van der Waals surface area contributed by atoms with Gasteiger partial charge in [-0.2, -0.15) is 9.57 Å². The molecule has 0 atom stereocenters. The maximum Gasteiger partial charge on any atom is 0.243 e. The van der Waals surface area contributed by atoms with Crippen LogP contribution >= 0.6 is 0 Å². The summed E-state index contributed by atoms with van der Waals surface area (Å²) in [7, 11) is -3.39. The van der Waals surface area contributed by atoms with Gasteiger partial charge in [-0.15, -0.1) is 0 Å². The van der Waals surface area contributed by atoms with Crippen molar-refractivity contribution in [2.75, 3.05) is 13.1 Å². The SMILES string of the molecule is Cc1ccc(S(=O)(=O)N2CC(=CC#N)C2)cc1. The Balaban J connectivity index is 2.20. The van der Waals surface area contributed by atoms with Crippen LogP contribution in [0.3, 0.4) is 0 Å². The van der Waals surface area contributed by atoms with E-state index in [1.807, 2.05) is 13.0 Å². The van der Waals surface area contributed by atoms with Gasteiger partial charge in [-0.25, -0.2) is 8.42 Å². The number of aryl methyl sites for hydroxylation is 1. The first-order valence-corrected chi connectivity index (χ1v) is 6.62. The lowest BCUT2D eigenvalue weighted by Crippen LogP contribution is -2.44. The van der Waals surface area contributed by atoms with Crippen molar-refractivity contribution in [3.05, 3.63) is 41.5 Å². The lowest BCUT2D eigenvalue weighted by molar-refractivity contribution is 0.391. The van der Waals surface area contributed by atoms with Crippen LogP contribution in [0.1, 0.15) is 5.56 Å². The van der Waals surface area contributed by atoms with E-state index in [4.69, 9.17) is 5.26 Å². The van der Waals surface area contributed by atoms with Crippen LogP contribution in [0.4, 0.5) is 0 Å². The maximum atomic E-state index is 12.1. The summed E-state index contributed by atoms with van der Waals surface area (Å²) in [5.74, 6) is 0. The van der Waals surface area contributed by atoms with Gasteiger partial charge in [0.05, 0.1) is 11.0 Å². The zero-order valence-electron chi connectivity index (χ0n) is 9.42. The van der Waals surface area contributed by atoms with E-state index in [1.54, 1.807) is 24.3 Å². The van der Waals surface area contributed by atoms with Crippen LogP contribution < -0.4 is 0 Å². The second kappa shape index (κ2) is 4.32. The summed E-state index contributed by atoms with van der Waals surface area (Å²) in [4.78, 5) is 0.305. The molecular weight excluding hydrogens is 236 g/mol. The molecule has 1 heterocycles. The second-order valence-corrected chi connectivity index (χ2v) is 5.96. The molecule has 4 nitrogen and oxygen atoms in total. The van der Waals surface area contributed by atoms with Crippen molar-refractivity contribution >= 4 is 10.0 Å². The molecular formula is C12H12N2O2S. The first-order chi connectivity index (χ1) is 8.04. The summed E-state index contributed by atoms with van der Waals surface area (Å²) in [5, 5.41) is 8.44. The molecule has 0 spiro atoms. The molecule has 5 heteroatoms. The predicted octanol–water partition coefficient (Wildman–Crippen LogP) is 1.45. The van der Waals surface area contributed by atoms with E-state index in [-0.39, 0.29) is 0 Å². The number of rotatable bonds is 2. The highest BCUT2D eigenvalue weighted by atomic mass is 32.2. The standard InChI is InChI=1S/C12H12N2O2S/c1-10-2-4-12(5-3-10)17(15,16)14-8-11(9-14)6-7-13/h2-6H,8-9H2,1H3. The van der Waals surface area contributed by atoms with Crippen LogP contribution in [0.25, 0.3) is 0 Å². The monoisotopic (exact) mass is 248 g/mol. The van der Waals surface area contributed by atoms with Gasteiger partial charge in [0, 0.05) is 19.2 Å². The van der Waals surface area contributed by atoms with Crippen LogP contribution in [0, 0.1) is 18.3 Å². The molecule has 1 aromatic rings. The molecule has 1 fully saturated rings. The van der Waals surface area contributed by atoms with E-state index in [2.05, 4.69) is 0 Å². The number of benzene rings is 1. The Bertz CT molecular complexity index is 586. The molecule has 0 radical (unpaired) electrons. The van der Waals surface area contributed by atoms with E-state index >= 15 is 0 Å². The minimum Gasteiger partial charge on any atom is -0.207 e. The first-order valence-electron chi connectivity index (χ1n) is 5.18. The van der Waals surface area contributed by atoms with E-state index in [9.17, 15) is 8.42 Å². The van der Waals surface area contributed by atoms with Gasteiger partial charge >= 0.3 is 0 Å². The van der Waals surface area contributed by atoms with Crippen molar-refractivity contribution in [2.24, 2.45) is 0 Å². The number of nitrogens with zero attached hydrogens (tertiary/aromatic N) is 2. The Hall–Kier alpha value is -1.64. The molecule has 1 aliphatic heterocycles. The number of hydrogen-bond donors (Lipinski definition) is 0. The Morgan fingerprint density at radius 1 is 1.29 bits per heavy atom. The smallest absolute Gasteiger partial charge is 0.207 e. The molecule has 0 unspecified atom stereocenters. The highest BCUT2D eigenvalue weighted by Gasteiger charge is 2.32. The van der Waals surface area contributed by atoms with Crippen LogP contribution in [0.15, 0.2) is 40.8 Å². The zero-order chi connectivity index (χ0) is 12.5. The van der Waals surface area contributed by atoms with Gasteiger partial charge < -0.3 is 0 Å². The molecule has 0 aliphatic carbocycles. The van der Waals surface area contributed by atoms with Crippen LogP contribution in [0.5, 0.6) is 0 Å². The van der Waals surface area contributed by atoms with E-state index in [0.717, 1.165) is 11.1 Å². The molecule has 17 heavy (non-hydrogen) atoms. The molecule has 0 saturated carbocycles. The van der Waals surface area contributed by atoms with Gasteiger partial charge in [-0.05, 0) is 24.6 Å². The van der Waals surface area contributed by atoms with E-state index in [1.165, 1.54) is 10.4 Å². The first kappa shape index (κ1) is 11.8. The third-order valence-electron chi connectivity index (χ3n) is 2.69. The van der Waals surface area contributed by atoms with Crippen LogP contribution in [-0.2, 0) is 10.0 Å². The molecule has 2 rings (SSSR count). The number of sulfonamides is 1. The summed E-state index contributed by atoms with van der Waals surface area (Å²) in [6.07, 6.45) is 1.40. The van der Waals surface area contributed by atoms with Crippen molar-refractivity contribution in [3.63, 3.8) is 0 Å². The van der Waals surface area contributed by atoms with Crippen molar-refractivity contribution in [1.29, 1.82) is 5.26 Å². The van der Waals surface area contributed by atoms with Gasteiger partial charge in [0.15, 0.2) is 0 Å². The minimum absolute atomic E-state index is 0.305. The van der Waals surface area contributed by atoms with Crippen molar-refractivity contribution in [3.8, 4) is 6.07 Å². The highest BCUT2D eigenvalue weighted by Crippen LogP contribution is 2.24. The molecule has 1 aromatic carbocycles. The number of allylic oxidation sites excluding steroid dienone is 1. The zero-order valence-corrected chi connectivity index (χ0v) is 10.2. The topological polar surface area (TPSA) is 61.2 Å². The molecule has 0 amide bonds. The van der Waals surface area contributed by atoms with Crippen molar-refractivity contribution in [2.45, 2.75) is 11.8 Å². The highest BCUT2D eigenvalue weighted by molar-refractivity contribution is 7.89. The summed E-state index contributed by atoms with van der Waals surface area (Å²) in [5.41, 5.74) is 1.88. The summed E-state index contributed by atoms with van der Waals surface area (Å²) in [6.45, 7) is 2.56. The van der Waals surface area contributed by atoms with Gasteiger partial charge in [-0.1, -0.05) is 17.7 Å². The Kier molecular flexibility index (Phi) is 3.01. The average Bonchev–Trinajstić information content (AvgIpc) is 2.23. The number of hydrogen-bond acceptors (Lipinski definition) is 3. The molecule has 0 N–H and O–H groups in total. The maximum absolute atomic E-state index is 12.1. The largest absolute Gasteiger partial charge is 0.243 e. The fraction of sp³-hybridized carbons (Fsp3) is 0.250. The molecule has 0 aromatic heterocycles. The molecule has 88 valence electrons. The Morgan fingerprint density at radius 3 is 2.41 bits per heavy atom. The predicted molar refractivity (Wildman–Crippen MR) is 63.6 cm³/mol. The van der Waals surface area contributed by atoms with Gasteiger partial charge in [0.2, 0.25) is 10.0 Å². The minimum atomic E-state index is -3.39. The molecule has 0 bridgehead atoms. The molecule has 1 saturated heterocycles. The van der Waals surface area contributed by atoms with E-state index < -0.39 is 10.0 Å². The van der Waals surface area contributed by atoms with Gasteiger partial charge in [-0.3, -0.25) is 0 Å². The summed E-state index contributed by atoms with van der Waals surface area (Å²) >= 11 is 0. The summed E-state index contributed by atoms with van der Waals surface area (Å²) < 4.78 is 25.5. The quantitative estimate of drug-likeness (QED) is 0.744. The fourth-order valence-corrected chi connectivity index (χ4v) is 3.07. The fourth-order valence-electron chi connectivity index (χ4n) is 1.62. The Labute approximate surface area is 101 Å². The lowest BCUT2D eigenvalue weighted by atomic mass is 10.1. The van der Waals surface area contributed by atoms with Gasteiger partial charge in [0.25, 0.3) is 0 Å². The van der Waals surface area contributed by atoms with Crippen LogP contribution in [0.2, 0.25) is 0 Å². The molecule has 1 aliphatic rings. The van der Waals surface area contributed by atoms with Crippen molar-refractivity contribution in [1.82, 2.24) is 4.31 Å². The number of nitriles is 1. The van der Waals surface area contributed by atoms with Gasteiger partial charge in [0.1, 0.15) is 0 Å². The third-order valence-corrected chi connectivity index (χ3v) is 4.49. The summed E-state index contributed by atoms with van der Waals surface area (Å²) in [6, 6.07) is 8.67. The lowest BCUT2D eigenvalue weighted by Gasteiger charge is -2.32. The van der Waals surface area contributed by atoms with E-state index in [0.29, 0.717) is 18.0 Å². The van der Waals surface area contributed by atoms with Crippen LogP contribution in [-0.4, -0.2) is 25.8 Å². The van der Waals surface area contributed by atoms with Crippen molar-refractivity contribution < 1.29 is 8.42 Å². The average molecular weight is 248 g/mol. The Morgan fingerprint density at radius 2 is 1.88 bits per heavy atom. The second-order valence-electron chi connectivity index (χ2n) is 4.02. The third kappa shape index (κ3) is 2.23.